The van der Waals surface area contributed by atoms with Crippen molar-refractivity contribution in [2.75, 3.05) is 13.2 Å². The fourth-order valence-electron chi connectivity index (χ4n) is 9.10. The van der Waals surface area contributed by atoms with Crippen molar-refractivity contribution >= 4 is 11.9 Å². The molecule has 6 heteroatoms. The molecule has 0 aliphatic carbocycles. The predicted octanol–water partition coefficient (Wildman–Crippen LogP) is 18.4. The number of amides is 1. The second-order valence-electron chi connectivity index (χ2n) is 20.3. The van der Waals surface area contributed by atoms with Gasteiger partial charge in [0.05, 0.1) is 25.4 Å². The number of ether oxygens (including phenoxy) is 1. The molecule has 0 aromatic heterocycles. The normalized spacial score (nSPS) is 12.8. The molecule has 0 bridgehead atoms. The molecule has 0 aromatic carbocycles. The number of aliphatic hydroxyl groups excluding tert-OH is 2. The third-order valence-corrected chi connectivity index (χ3v) is 13.7. The van der Waals surface area contributed by atoms with Crippen molar-refractivity contribution in [1.82, 2.24) is 5.32 Å². The van der Waals surface area contributed by atoms with E-state index in [1.165, 1.54) is 231 Å². The first-order chi connectivity index (χ1) is 33.0. The highest BCUT2D eigenvalue weighted by Crippen LogP contribution is 2.17. The number of hydrogen-bond donors (Lipinski definition) is 3. The van der Waals surface area contributed by atoms with Crippen LogP contribution >= 0.6 is 0 Å². The molecular weight excluding hydrogens is 827 g/mol. The smallest absolute Gasteiger partial charge is 0.305 e. The molecule has 1 amide bonds. The van der Waals surface area contributed by atoms with Gasteiger partial charge in [-0.3, -0.25) is 9.59 Å². The topological polar surface area (TPSA) is 95.9 Å². The number of nitrogens with one attached hydrogen (secondary N) is 1. The van der Waals surface area contributed by atoms with Gasteiger partial charge in [0, 0.05) is 12.8 Å². The Morgan fingerprint density at radius 3 is 1.16 bits per heavy atom. The number of carbonyl (C=O) groups excluding carboxylic acids is 2. The third kappa shape index (κ3) is 53.3. The van der Waals surface area contributed by atoms with E-state index in [0.717, 1.165) is 51.4 Å². The Morgan fingerprint density at radius 1 is 0.418 bits per heavy atom. The number of carbonyl (C=O) groups is 2. The average Bonchev–Trinajstić information content (AvgIpc) is 3.33. The molecule has 0 aromatic rings. The lowest BCUT2D eigenvalue weighted by atomic mass is 10.0. The van der Waals surface area contributed by atoms with E-state index in [2.05, 4.69) is 37.4 Å². The molecule has 0 fully saturated rings. The van der Waals surface area contributed by atoms with Crippen molar-refractivity contribution in [3.05, 3.63) is 36.5 Å². The number of allylic oxidation sites excluding steroid dienone is 5. The van der Waals surface area contributed by atoms with Crippen LogP contribution in [0.25, 0.3) is 0 Å². The fourth-order valence-corrected chi connectivity index (χ4v) is 9.10. The second kappa shape index (κ2) is 56.7. The maximum atomic E-state index is 12.4. The highest BCUT2D eigenvalue weighted by Gasteiger charge is 2.17. The largest absolute Gasteiger partial charge is 0.466 e. The van der Waals surface area contributed by atoms with Crippen LogP contribution in [0, 0.1) is 0 Å². The number of unbranched alkanes of at least 4 members (excludes halogenated alkanes) is 40. The molecule has 0 aliphatic heterocycles. The Hall–Kier alpha value is -1.92. The molecule has 0 aliphatic rings. The summed E-state index contributed by atoms with van der Waals surface area (Å²) in [6.07, 6.45) is 70.5. The zero-order valence-corrected chi connectivity index (χ0v) is 44.9. The van der Waals surface area contributed by atoms with Gasteiger partial charge in [-0.1, -0.05) is 288 Å². The van der Waals surface area contributed by atoms with E-state index in [0.29, 0.717) is 25.9 Å². The molecule has 0 saturated heterocycles. The maximum absolute atomic E-state index is 12.4. The minimum atomic E-state index is -0.880. The van der Waals surface area contributed by atoms with Crippen molar-refractivity contribution in [2.45, 2.75) is 328 Å². The molecule has 0 radical (unpaired) electrons. The van der Waals surface area contributed by atoms with Gasteiger partial charge in [-0.15, -0.1) is 0 Å². The first-order valence-corrected chi connectivity index (χ1v) is 29.8. The quantitative estimate of drug-likeness (QED) is 0.0321. The van der Waals surface area contributed by atoms with E-state index in [-0.39, 0.29) is 18.5 Å². The summed E-state index contributed by atoms with van der Waals surface area (Å²) in [6.45, 7) is 4.85. The summed E-state index contributed by atoms with van der Waals surface area (Å²) < 4.78 is 5.45. The van der Waals surface area contributed by atoms with Crippen LogP contribution in [0.5, 0.6) is 0 Å². The molecule has 3 N–H and O–H groups in total. The molecule has 2 atom stereocenters. The van der Waals surface area contributed by atoms with Crippen molar-refractivity contribution < 1.29 is 24.5 Å². The molecular formula is C61H115NO5. The van der Waals surface area contributed by atoms with Crippen LogP contribution in [-0.2, 0) is 14.3 Å². The molecule has 6 nitrogen and oxygen atoms in total. The Morgan fingerprint density at radius 2 is 0.761 bits per heavy atom. The summed E-state index contributed by atoms with van der Waals surface area (Å²) in [5, 5.41) is 23.1. The van der Waals surface area contributed by atoms with E-state index in [1.807, 2.05) is 12.2 Å². The highest BCUT2D eigenvalue weighted by atomic mass is 16.5. The van der Waals surface area contributed by atoms with Gasteiger partial charge in [-0.25, -0.2) is 0 Å². The monoisotopic (exact) mass is 942 g/mol. The van der Waals surface area contributed by atoms with Gasteiger partial charge < -0.3 is 20.3 Å². The van der Waals surface area contributed by atoms with Crippen LogP contribution < -0.4 is 5.32 Å². The summed E-state index contributed by atoms with van der Waals surface area (Å²) in [6, 6.07) is -0.673. The van der Waals surface area contributed by atoms with Gasteiger partial charge in [-0.05, 0) is 51.4 Å². The molecule has 2 unspecified atom stereocenters. The van der Waals surface area contributed by atoms with Gasteiger partial charge in [0.1, 0.15) is 0 Å². The third-order valence-electron chi connectivity index (χ3n) is 13.7. The Bertz CT molecular complexity index is 1090. The van der Waals surface area contributed by atoms with Crippen molar-refractivity contribution in [3.63, 3.8) is 0 Å². The van der Waals surface area contributed by atoms with E-state index >= 15 is 0 Å². The summed E-state index contributed by atoms with van der Waals surface area (Å²) in [5.74, 6) is -0.163. The van der Waals surface area contributed by atoms with Crippen LogP contribution in [0.15, 0.2) is 36.5 Å². The second-order valence-corrected chi connectivity index (χ2v) is 20.3. The molecule has 0 heterocycles. The van der Waals surface area contributed by atoms with Crippen LogP contribution in [0.2, 0.25) is 0 Å². The van der Waals surface area contributed by atoms with Crippen molar-refractivity contribution in [1.29, 1.82) is 0 Å². The highest BCUT2D eigenvalue weighted by molar-refractivity contribution is 5.76. The lowest BCUT2D eigenvalue weighted by molar-refractivity contribution is -0.143. The van der Waals surface area contributed by atoms with E-state index < -0.39 is 12.1 Å². The standard InChI is InChI=1S/C61H115NO5/c1-3-5-7-9-11-13-15-17-18-19-20-21-22-23-24-25-26-27-28-30-33-37-41-45-49-53-59(64)58(57-63)62-60(65)54-50-46-42-38-34-31-29-32-36-40-44-48-52-56-67-61(66)55-51-47-43-39-35-16-14-12-10-8-6-4-2/h31,34,42,46,49,53,58-59,63-64H,3-30,32-33,35-41,43-45,47-48,50-52,54-57H2,1-2H3,(H,62,65)/b34-31-,46-42-,53-49+. The molecule has 394 valence electrons. The molecule has 0 spiro atoms. The summed E-state index contributed by atoms with van der Waals surface area (Å²) in [5.41, 5.74) is 0. The zero-order chi connectivity index (χ0) is 48.6. The molecule has 67 heavy (non-hydrogen) atoms. The van der Waals surface area contributed by atoms with Gasteiger partial charge in [0.2, 0.25) is 5.91 Å². The van der Waals surface area contributed by atoms with Crippen molar-refractivity contribution in [3.8, 4) is 0 Å². The van der Waals surface area contributed by atoms with E-state index in [1.54, 1.807) is 6.08 Å². The van der Waals surface area contributed by atoms with Gasteiger partial charge in [0.25, 0.3) is 0 Å². The van der Waals surface area contributed by atoms with Gasteiger partial charge in [0.15, 0.2) is 0 Å². The Balaban J connectivity index is 3.56. The van der Waals surface area contributed by atoms with Crippen LogP contribution in [0.4, 0.5) is 0 Å². The van der Waals surface area contributed by atoms with Crippen molar-refractivity contribution in [2.24, 2.45) is 0 Å². The summed E-state index contributed by atoms with van der Waals surface area (Å²) >= 11 is 0. The number of esters is 1. The minimum absolute atomic E-state index is 0.0175. The number of rotatable bonds is 55. The van der Waals surface area contributed by atoms with E-state index in [9.17, 15) is 19.8 Å². The van der Waals surface area contributed by atoms with E-state index in [4.69, 9.17) is 4.74 Å². The lowest BCUT2D eigenvalue weighted by Gasteiger charge is -2.19. The summed E-state index contributed by atoms with van der Waals surface area (Å²) in [4.78, 5) is 24.5. The molecule has 0 rings (SSSR count). The minimum Gasteiger partial charge on any atom is -0.466 e. The predicted molar refractivity (Wildman–Crippen MR) is 292 cm³/mol. The lowest BCUT2D eigenvalue weighted by Crippen LogP contribution is -2.45. The summed E-state index contributed by atoms with van der Waals surface area (Å²) in [7, 11) is 0. The van der Waals surface area contributed by atoms with Crippen LogP contribution in [0.3, 0.4) is 0 Å². The zero-order valence-electron chi connectivity index (χ0n) is 44.9. The van der Waals surface area contributed by atoms with Crippen LogP contribution in [-0.4, -0.2) is 47.4 Å². The first kappa shape index (κ1) is 65.1. The van der Waals surface area contributed by atoms with Gasteiger partial charge in [-0.2, -0.15) is 0 Å². The Labute approximate surface area is 417 Å². The van der Waals surface area contributed by atoms with Crippen LogP contribution in [0.1, 0.15) is 316 Å². The Kier molecular flexibility index (Phi) is 55.0. The fraction of sp³-hybridized carbons (Fsp3) is 0.869. The number of hydrogen-bond acceptors (Lipinski definition) is 5. The average molecular weight is 943 g/mol. The van der Waals surface area contributed by atoms with Gasteiger partial charge >= 0.3 is 5.97 Å². The SMILES string of the molecule is CCCCCCCCCCCCCCCCCCCCCCCCC/C=C/C(O)C(CO)NC(=O)CC/C=C\C/C=C\CCCCCCCCOC(=O)CCCCCCCCCCCCCC. The first-order valence-electron chi connectivity index (χ1n) is 29.8. The number of aliphatic hydroxyl groups is 2. The maximum Gasteiger partial charge on any atom is 0.305 e. The molecule has 0 saturated carbocycles.